The van der Waals surface area contributed by atoms with Crippen molar-refractivity contribution < 1.29 is 0 Å². The van der Waals surface area contributed by atoms with Crippen molar-refractivity contribution in [1.82, 2.24) is 10.3 Å². The molecular formula is C15H27N3S2. The minimum Gasteiger partial charge on any atom is -0.347 e. The van der Waals surface area contributed by atoms with E-state index in [-0.39, 0.29) is 0 Å². The molecule has 1 fully saturated rings. The van der Waals surface area contributed by atoms with Crippen LogP contribution in [0.1, 0.15) is 37.8 Å². The van der Waals surface area contributed by atoms with Gasteiger partial charge in [0.15, 0.2) is 5.13 Å². The molecule has 0 aliphatic carbocycles. The monoisotopic (exact) mass is 313 g/mol. The maximum atomic E-state index is 4.87. The van der Waals surface area contributed by atoms with Crippen LogP contribution in [0.2, 0.25) is 0 Å². The second-order valence-electron chi connectivity index (χ2n) is 5.87. The van der Waals surface area contributed by atoms with E-state index in [0.29, 0.717) is 12.0 Å². The molecule has 1 aliphatic rings. The molecule has 1 aromatic heterocycles. The Bertz CT molecular complexity index is 411. The first kappa shape index (κ1) is 16.1. The fourth-order valence-corrected chi connectivity index (χ4v) is 4.81. The summed E-state index contributed by atoms with van der Waals surface area (Å²) in [5.74, 6) is 3.24. The lowest BCUT2D eigenvalue weighted by Crippen LogP contribution is -2.31. The second kappa shape index (κ2) is 7.66. The van der Waals surface area contributed by atoms with E-state index in [9.17, 15) is 0 Å². The van der Waals surface area contributed by atoms with Crippen molar-refractivity contribution in [2.24, 2.45) is 5.92 Å². The molecule has 114 valence electrons. The summed E-state index contributed by atoms with van der Waals surface area (Å²) in [7, 11) is 2.21. The van der Waals surface area contributed by atoms with Gasteiger partial charge in [-0.05, 0) is 31.1 Å². The fourth-order valence-electron chi connectivity index (χ4n) is 2.39. The van der Waals surface area contributed by atoms with Crippen molar-refractivity contribution in [3.05, 3.63) is 10.6 Å². The lowest BCUT2D eigenvalue weighted by atomic mass is 10.2. The van der Waals surface area contributed by atoms with Gasteiger partial charge in [0.1, 0.15) is 0 Å². The van der Waals surface area contributed by atoms with E-state index < -0.39 is 0 Å². The summed E-state index contributed by atoms with van der Waals surface area (Å²) in [4.78, 5) is 8.68. The Kier molecular flexibility index (Phi) is 6.18. The van der Waals surface area contributed by atoms with Gasteiger partial charge in [-0.25, -0.2) is 4.98 Å². The molecule has 20 heavy (non-hydrogen) atoms. The molecule has 1 saturated heterocycles. The third-order valence-corrected chi connectivity index (χ3v) is 6.03. The molecule has 2 heterocycles. The van der Waals surface area contributed by atoms with Crippen LogP contribution in [0.25, 0.3) is 0 Å². The van der Waals surface area contributed by atoms with Gasteiger partial charge in [0.05, 0.1) is 5.69 Å². The molecule has 0 radical (unpaired) electrons. The number of thioether (sulfide) groups is 1. The number of nitrogens with zero attached hydrogens (tertiary/aromatic N) is 2. The number of nitrogens with one attached hydrogen (secondary N) is 1. The van der Waals surface area contributed by atoms with Gasteiger partial charge in [0.2, 0.25) is 0 Å². The van der Waals surface area contributed by atoms with E-state index in [1.54, 1.807) is 0 Å². The number of anilines is 1. The highest BCUT2D eigenvalue weighted by molar-refractivity contribution is 7.99. The standard InChI is InChI=1S/C15H27N3S2/c1-5-13-14(9-16-8-11(2)3)20-15(17-13)18(4)12-6-7-19-10-12/h11-12,16H,5-10H2,1-4H3. The smallest absolute Gasteiger partial charge is 0.185 e. The Morgan fingerprint density at radius 3 is 2.85 bits per heavy atom. The molecule has 0 saturated carbocycles. The molecule has 1 atom stereocenters. The third kappa shape index (κ3) is 4.12. The van der Waals surface area contributed by atoms with Crippen molar-refractivity contribution in [1.29, 1.82) is 0 Å². The predicted octanol–water partition coefficient (Wildman–Crippen LogP) is 3.39. The average molecular weight is 314 g/mol. The zero-order valence-corrected chi connectivity index (χ0v) is 14.7. The highest BCUT2D eigenvalue weighted by Crippen LogP contribution is 2.31. The van der Waals surface area contributed by atoms with Gasteiger partial charge in [0, 0.05) is 30.3 Å². The summed E-state index contributed by atoms with van der Waals surface area (Å²) in [5.41, 5.74) is 1.28. The Morgan fingerprint density at radius 1 is 1.45 bits per heavy atom. The molecule has 1 aliphatic heterocycles. The normalized spacial score (nSPS) is 18.9. The van der Waals surface area contributed by atoms with Gasteiger partial charge in [-0.3, -0.25) is 0 Å². The Balaban J connectivity index is 2.01. The van der Waals surface area contributed by atoms with Crippen LogP contribution in [-0.2, 0) is 13.0 Å². The van der Waals surface area contributed by atoms with E-state index >= 15 is 0 Å². The SMILES string of the molecule is CCc1nc(N(C)C2CCSC2)sc1CNCC(C)C. The van der Waals surface area contributed by atoms with Gasteiger partial charge in [-0.1, -0.05) is 20.8 Å². The molecule has 0 bridgehead atoms. The summed E-state index contributed by atoms with van der Waals surface area (Å²) < 4.78 is 0. The van der Waals surface area contributed by atoms with Crippen LogP contribution >= 0.6 is 23.1 Å². The highest BCUT2D eigenvalue weighted by atomic mass is 32.2. The van der Waals surface area contributed by atoms with Crippen molar-refractivity contribution in [2.45, 2.75) is 46.2 Å². The molecule has 0 amide bonds. The maximum absolute atomic E-state index is 4.87. The van der Waals surface area contributed by atoms with Crippen LogP contribution in [0.5, 0.6) is 0 Å². The highest BCUT2D eigenvalue weighted by Gasteiger charge is 2.23. The number of rotatable bonds is 7. The van der Waals surface area contributed by atoms with E-state index in [0.717, 1.165) is 19.5 Å². The molecule has 1 aromatic rings. The summed E-state index contributed by atoms with van der Waals surface area (Å²) in [6, 6.07) is 0.673. The van der Waals surface area contributed by atoms with Crippen molar-refractivity contribution in [3.63, 3.8) is 0 Å². The lowest BCUT2D eigenvalue weighted by molar-refractivity contribution is 0.553. The lowest BCUT2D eigenvalue weighted by Gasteiger charge is -2.22. The minimum absolute atomic E-state index is 0.673. The topological polar surface area (TPSA) is 28.2 Å². The first-order valence-corrected chi connectivity index (χ1v) is 9.58. The van der Waals surface area contributed by atoms with Crippen LogP contribution in [-0.4, -0.2) is 36.1 Å². The quantitative estimate of drug-likeness (QED) is 0.835. The Labute approximate surface area is 131 Å². The summed E-state index contributed by atoms with van der Waals surface area (Å²) in [6.07, 6.45) is 2.32. The zero-order chi connectivity index (χ0) is 14.5. The van der Waals surface area contributed by atoms with Crippen molar-refractivity contribution in [3.8, 4) is 0 Å². The minimum atomic E-state index is 0.673. The molecule has 3 nitrogen and oxygen atoms in total. The van der Waals surface area contributed by atoms with Crippen LogP contribution < -0.4 is 10.2 Å². The number of hydrogen-bond donors (Lipinski definition) is 1. The number of thiazole rings is 1. The molecule has 1 N–H and O–H groups in total. The second-order valence-corrected chi connectivity index (χ2v) is 8.08. The molecule has 0 spiro atoms. The van der Waals surface area contributed by atoms with E-state index in [1.807, 2.05) is 11.3 Å². The summed E-state index contributed by atoms with van der Waals surface area (Å²) in [5, 5.41) is 4.75. The largest absolute Gasteiger partial charge is 0.347 e. The first-order valence-electron chi connectivity index (χ1n) is 7.61. The number of aromatic nitrogens is 1. The van der Waals surface area contributed by atoms with Crippen molar-refractivity contribution in [2.75, 3.05) is 30.0 Å². The fraction of sp³-hybridized carbons (Fsp3) is 0.800. The van der Waals surface area contributed by atoms with Crippen LogP contribution in [0.3, 0.4) is 0 Å². The van der Waals surface area contributed by atoms with Gasteiger partial charge in [-0.2, -0.15) is 11.8 Å². The van der Waals surface area contributed by atoms with Gasteiger partial charge >= 0.3 is 0 Å². The van der Waals surface area contributed by atoms with E-state index in [4.69, 9.17) is 4.98 Å². The number of hydrogen-bond acceptors (Lipinski definition) is 5. The summed E-state index contributed by atoms with van der Waals surface area (Å²) >= 11 is 3.94. The molecular weight excluding hydrogens is 286 g/mol. The third-order valence-electron chi connectivity index (χ3n) is 3.70. The average Bonchev–Trinajstić information content (AvgIpc) is 3.06. The Morgan fingerprint density at radius 2 is 2.25 bits per heavy atom. The van der Waals surface area contributed by atoms with Crippen molar-refractivity contribution >= 4 is 28.2 Å². The maximum Gasteiger partial charge on any atom is 0.185 e. The van der Waals surface area contributed by atoms with Gasteiger partial charge < -0.3 is 10.2 Å². The van der Waals surface area contributed by atoms with Gasteiger partial charge in [0.25, 0.3) is 0 Å². The molecule has 0 aromatic carbocycles. The first-order chi connectivity index (χ1) is 9.61. The van der Waals surface area contributed by atoms with Gasteiger partial charge in [-0.15, -0.1) is 11.3 Å². The predicted molar refractivity (Wildman–Crippen MR) is 92.2 cm³/mol. The summed E-state index contributed by atoms with van der Waals surface area (Å²) in [6.45, 7) is 8.74. The van der Waals surface area contributed by atoms with E-state index in [1.165, 1.54) is 33.6 Å². The zero-order valence-electron chi connectivity index (χ0n) is 13.1. The van der Waals surface area contributed by atoms with E-state index in [2.05, 4.69) is 49.8 Å². The van der Waals surface area contributed by atoms with Crippen LogP contribution in [0.4, 0.5) is 5.13 Å². The molecule has 1 unspecified atom stereocenters. The molecule has 2 rings (SSSR count). The van der Waals surface area contributed by atoms with Crippen LogP contribution in [0, 0.1) is 5.92 Å². The Hall–Kier alpha value is -0.260. The molecule has 5 heteroatoms. The van der Waals surface area contributed by atoms with Crippen LogP contribution in [0.15, 0.2) is 0 Å². The number of aryl methyl sites for hydroxylation is 1.